The molecule has 65 heavy (non-hydrogen) atoms. The van der Waals surface area contributed by atoms with Crippen molar-refractivity contribution in [2.75, 3.05) is 33.5 Å². The van der Waals surface area contributed by atoms with Crippen molar-refractivity contribution in [3.05, 3.63) is 36.4 Å². The molecule has 6 heteroatoms. The highest BCUT2D eigenvalue weighted by molar-refractivity contribution is 6.26. The monoisotopic (exact) mass is 899 g/mol. The van der Waals surface area contributed by atoms with E-state index in [0.717, 1.165) is 81.0 Å². The lowest BCUT2D eigenvalue weighted by Crippen LogP contribution is -2.04. The number of ether oxygens (including phenoxy) is 5. The van der Waals surface area contributed by atoms with Gasteiger partial charge in [-0.05, 0) is 94.4 Å². The summed E-state index contributed by atoms with van der Waals surface area (Å²) in [5.74, 6) is 3.70. The molecule has 0 spiro atoms. The Morgan fingerprint density at radius 2 is 0.477 bits per heavy atom. The van der Waals surface area contributed by atoms with Crippen molar-refractivity contribution in [3.63, 3.8) is 0 Å². The zero-order chi connectivity index (χ0) is 46.2. The van der Waals surface area contributed by atoms with Gasteiger partial charge in [-0.15, -0.1) is 0 Å². The van der Waals surface area contributed by atoms with Crippen molar-refractivity contribution in [2.45, 2.75) is 233 Å². The average Bonchev–Trinajstić information content (AvgIpc) is 3.32. The van der Waals surface area contributed by atoms with Crippen LogP contribution in [0.5, 0.6) is 34.5 Å². The molecule has 0 unspecified atom stereocenters. The number of methoxy groups -OCH3 is 1. The third-order valence-corrected chi connectivity index (χ3v) is 13.4. The zero-order valence-corrected chi connectivity index (χ0v) is 42.4. The third-order valence-electron chi connectivity index (χ3n) is 13.4. The van der Waals surface area contributed by atoms with Crippen molar-refractivity contribution < 1.29 is 28.8 Å². The van der Waals surface area contributed by atoms with Crippen LogP contribution in [0, 0.1) is 0 Å². The molecule has 0 saturated carbocycles. The molecule has 0 aliphatic heterocycles. The van der Waals surface area contributed by atoms with Crippen molar-refractivity contribution in [2.24, 2.45) is 0 Å². The van der Waals surface area contributed by atoms with Gasteiger partial charge in [0.2, 0.25) is 0 Å². The first kappa shape index (κ1) is 54.1. The summed E-state index contributed by atoms with van der Waals surface area (Å²) in [6.07, 6.45) is 40.1. The lowest BCUT2D eigenvalue weighted by atomic mass is 9.93. The molecule has 0 saturated heterocycles. The predicted octanol–water partition coefficient (Wildman–Crippen LogP) is 18.9. The quantitative estimate of drug-likeness (QED) is 0.0354. The van der Waals surface area contributed by atoms with Gasteiger partial charge in [-0.25, -0.2) is 0 Å². The lowest BCUT2D eigenvalue weighted by Gasteiger charge is -2.20. The third kappa shape index (κ3) is 19.7. The molecule has 6 nitrogen and oxygen atoms in total. The topological polar surface area (TPSA) is 66.4 Å². The van der Waals surface area contributed by atoms with Crippen LogP contribution in [0.1, 0.15) is 233 Å². The summed E-state index contributed by atoms with van der Waals surface area (Å²) in [7, 11) is 1.62. The smallest absolute Gasteiger partial charge is 0.161 e. The van der Waals surface area contributed by atoms with Crippen LogP contribution in [0.25, 0.3) is 32.3 Å². The molecule has 0 heterocycles. The van der Waals surface area contributed by atoms with Gasteiger partial charge in [0, 0.05) is 0 Å². The van der Waals surface area contributed by atoms with Crippen molar-refractivity contribution >= 4 is 32.3 Å². The van der Waals surface area contributed by atoms with Crippen LogP contribution < -0.4 is 23.7 Å². The van der Waals surface area contributed by atoms with E-state index in [1.54, 1.807) is 7.11 Å². The first-order chi connectivity index (χ1) is 32.1. The van der Waals surface area contributed by atoms with E-state index in [1.807, 2.05) is 12.1 Å². The van der Waals surface area contributed by atoms with Gasteiger partial charge in [0.25, 0.3) is 0 Å². The Bertz CT molecular complexity index is 1850. The van der Waals surface area contributed by atoms with E-state index in [4.69, 9.17) is 23.7 Å². The summed E-state index contributed by atoms with van der Waals surface area (Å²) in [6.45, 7) is 11.7. The highest BCUT2D eigenvalue weighted by Crippen LogP contribution is 2.47. The van der Waals surface area contributed by atoms with E-state index in [1.165, 1.54) is 180 Å². The second-order valence-corrected chi connectivity index (χ2v) is 19.1. The molecular weight excluding hydrogens is 805 g/mol. The van der Waals surface area contributed by atoms with Gasteiger partial charge < -0.3 is 28.8 Å². The SMILES string of the molecule is CCCCCCCCCCOc1cc2c3cc(O)c(OC)cc3c3cc(OCCCCCCCCCC)c(OCCCCCCCCCC)cc3c2cc1OCCCCCCCCCC. The van der Waals surface area contributed by atoms with E-state index in [9.17, 15) is 5.11 Å². The van der Waals surface area contributed by atoms with E-state index in [2.05, 4.69) is 52.0 Å². The predicted molar refractivity (Wildman–Crippen MR) is 280 cm³/mol. The maximum Gasteiger partial charge on any atom is 0.161 e. The van der Waals surface area contributed by atoms with Gasteiger partial charge in [-0.3, -0.25) is 0 Å². The maximum atomic E-state index is 11.2. The fourth-order valence-electron chi connectivity index (χ4n) is 9.31. The number of benzene rings is 4. The molecule has 0 fully saturated rings. The molecule has 0 atom stereocenters. The molecule has 366 valence electrons. The maximum absolute atomic E-state index is 11.2. The highest BCUT2D eigenvalue weighted by atomic mass is 16.5. The average molecular weight is 899 g/mol. The second kappa shape index (κ2) is 33.9. The Morgan fingerprint density at radius 1 is 0.277 bits per heavy atom. The number of aromatic hydroxyl groups is 1. The standard InChI is InChI=1S/C59H94O6/c1-6-10-14-18-22-26-30-34-38-62-56-44-50-48-42-54(60)55(61-5)43-49(48)51-45-57(63-39-35-31-27-23-19-15-11-7-2)59(65-41-37-33-29-25-21-17-13-9-4)47-53(51)52(50)46-58(56)64-40-36-32-28-24-20-16-12-8-3/h42-47,60H,6-41H2,1-5H3. The van der Waals surface area contributed by atoms with E-state index in [-0.39, 0.29) is 5.75 Å². The normalized spacial score (nSPS) is 11.6. The minimum atomic E-state index is 0.119. The fourth-order valence-corrected chi connectivity index (χ4v) is 9.31. The van der Waals surface area contributed by atoms with E-state index in [0.29, 0.717) is 32.2 Å². The van der Waals surface area contributed by atoms with Gasteiger partial charge in [0.15, 0.2) is 34.5 Å². The zero-order valence-electron chi connectivity index (χ0n) is 42.4. The minimum absolute atomic E-state index is 0.119. The molecule has 0 aliphatic carbocycles. The molecule has 1 N–H and O–H groups in total. The number of phenolic OH excluding ortho intramolecular Hbond substituents is 1. The number of fused-ring (bicyclic) bond motifs is 6. The molecule has 0 amide bonds. The summed E-state index contributed by atoms with van der Waals surface area (Å²) >= 11 is 0. The molecule has 0 radical (unpaired) electrons. The van der Waals surface area contributed by atoms with Crippen LogP contribution in [0.4, 0.5) is 0 Å². The van der Waals surface area contributed by atoms with Gasteiger partial charge in [0.05, 0.1) is 33.5 Å². The Morgan fingerprint density at radius 3 is 0.708 bits per heavy atom. The Kier molecular flexibility index (Phi) is 28.2. The minimum Gasteiger partial charge on any atom is -0.504 e. The summed E-state index contributed by atoms with van der Waals surface area (Å²) in [5.41, 5.74) is 0. The largest absolute Gasteiger partial charge is 0.504 e. The fraction of sp³-hybridized carbons (Fsp3) is 0.695. The van der Waals surface area contributed by atoms with Gasteiger partial charge in [0.1, 0.15) is 0 Å². The molecule has 4 rings (SSSR count). The lowest BCUT2D eigenvalue weighted by molar-refractivity contribution is 0.258. The summed E-state index contributed by atoms with van der Waals surface area (Å²) in [4.78, 5) is 0. The van der Waals surface area contributed by atoms with Crippen LogP contribution in [-0.4, -0.2) is 38.6 Å². The van der Waals surface area contributed by atoms with Crippen LogP contribution >= 0.6 is 0 Å². The molecule has 0 aromatic heterocycles. The van der Waals surface area contributed by atoms with Crippen molar-refractivity contribution in [1.82, 2.24) is 0 Å². The Labute approximate surface area is 397 Å². The Balaban J connectivity index is 1.67. The van der Waals surface area contributed by atoms with Gasteiger partial charge in [-0.2, -0.15) is 0 Å². The van der Waals surface area contributed by atoms with Gasteiger partial charge >= 0.3 is 0 Å². The first-order valence-corrected chi connectivity index (χ1v) is 27.3. The number of unbranched alkanes of at least 4 members (excludes halogenated alkanes) is 28. The summed E-state index contributed by atoms with van der Waals surface area (Å²) < 4.78 is 32.4. The number of hydrogen-bond acceptors (Lipinski definition) is 6. The highest BCUT2D eigenvalue weighted by Gasteiger charge is 2.20. The number of phenols is 1. The summed E-state index contributed by atoms with van der Waals surface area (Å²) in [6, 6.07) is 12.6. The number of hydrogen-bond donors (Lipinski definition) is 1. The number of rotatable bonds is 41. The van der Waals surface area contributed by atoms with Gasteiger partial charge in [-0.1, -0.05) is 207 Å². The van der Waals surface area contributed by atoms with E-state index >= 15 is 0 Å². The molecular formula is C59H94O6. The summed E-state index contributed by atoms with van der Waals surface area (Å²) in [5, 5.41) is 17.3. The van der Waals surface area contributed by atoms with Crippen LogP contribution in [0.3, 0.4) is 0 Å². The van der Waals surface area contributed by atoms with Crippen LogP contribution in [-0.2, 0) is 0 Å². The van der Waals surface area contributed by atoms with Crippen molar-refractivity contribution in [1.29, 1.82) is 0 Å². The van der Waals surface area contributed by atoms with E-state index < -0.39 is 0 Å². The Hall–Kier alpha value is -3.54. The first-order valence-electron chi connectivity index (χ1n) is 27.3. The molecule has 4 aromatic rings. The molecule has 0 bridgehead atoms. The molecule has 0 aliphatic rings. The van der Waals surface area contributed by atoms with Crippen molar-refractivity contribution in [3.8, 4) is 34.5 Å². The van der Waals surface area contributed by atoms with Crippen LogP contribution in [0.2, 0.25) is 0 Å². The molecule has 4 aromatic carbocycles. The van der Waals surface area contributed by atoms with Crippen LogP contribution in [0.15, 0.2) is 36.4 Å². The second-order valence-electron chi connectivity index (χ2n) is 19.1.